The highest BCUT2D eigenvalue weighted by Crippen LogP contribution is 2.24. The molecule has 0 unspecified atom stereocenters. The van der Waals surface area contributed by atoms with Crippen LogP contribution in [0, 0.1) is 10.1 Å². The van der Waals surface area contributed by atoms with Gasteiger partial charge in [-0.1, -0.05) is 24.3 Å². The van der Waals surface area contributed by atoms with Gasteiger partial charge in [0.25, 0.3) is 5.69 Å². The van der Waals surface area contributed by atoms with Crippen LogP contribution in [0.1, 0.15) is 25.3 Å². The highest BCUT2D eigenvalue weighted by molar-refractivity contribution is 6.00. The second-order valence-electron chi connectivity index (χ2n) is 5.78. The van der Waals surface area contributed by atoms with E-state index in [2.05, 4.69) is 10.5 Å². The number of benzene rings is 2. The number of nitro groups is 1. The summed E-state index contributed by atoms with van der Waals surface area (Å²) < 4.78 is 0. The largest absolute Gasteiger partial charge is 0.312 e. The fourth-order valence-corrected chi connectivity index (χ4v) is 2.74. The summed E-state index contributed by atoms with van der Waals surface area (Å²) in [6, 6.07) is 13.9. The van der Waals surface area contributed by atoms with E-state index in [1.54, 1.807) is 23.1 Å². The van der Waals surface area contributed by atoms with E-state index in [-0.39, 0.29) is 11.6 Å². The third-order valence-electron chi connectivity index (χ3n) is 4.11. The number of para-hydroxylation sites is 2. The van der Waals surface area contributed by atoms with Crippen molar-refractivity contribution in [2.24, 2.45) is 5.10 Å². The van der Waals surface area contributed by atoms with E-state index in [0.717, 1.165) is 24.2 Å². The van der Waals surface area contributed by atoms with E-state index >= 15 is 0 Å². The van der Waals surface area contributed by atoms with Crippen molar-refractivity contribution in [2.45, 2.75) is 19.8 Å². The lowest BCUT2D eigenvalue weighted by molar-refractivity contribution is -0.384. The van der Waals surface area contributed by atoms with Crippen LogP contribution in [0.5, 0.6) is 0 Å². The van der Waals surface area contributed by atoms with E-state index in [1.807, 2.05) is 31.2 Å². The van der Waals surface area contributed by atoms with Crippen LogP contribution in [0.25, 0.3) is 0 Å². The van der Waals surface area contributed by atoms with Crippen LogP contribution in [0.15, 0.2) is 53.6 Å². The summed E-state index contributed by atoms with van der Waals surface area (Å²) in [7, 11) is 0. The highest BCUT2D eigenvalue weighted by Gasteiger charge is 2.21. The molecule has 7 heteroatoms. The monoisotopic (exact) mass is 338 g/mol. The molecule has 0 saturated carbocycles. The van der Waals surface area contributed by atoms with E-state index < -0.39 is 4.92 Å². The number of hydrogen-bond donors (Lipinski definition) is 1. The number of carbonyl (C=O) groups excluding carboxylic acids is 1. The molecular weight excluding hydrogens is 320 g/mol. The lowest BCUT2D eigenvalue weighted by atomic mass is 10.1. The van der Waals surface area contributed by atoms with Crippen LogP contribution < -0.4 is 10.3 Å². The molecule has 0 aromatic heterocycles. The van der Waals surface area contributed by atoms with Gasteiger partial charge in [0.1, 0.15) is 5.69 Å². The maximum atomic E-state index is 11.8. The first-order valence-corrected chi connectivity index (χ1v) is 8.01. The van der Waals surface area contributed by atoms with Gasteiger partial charge >= 0.3 is 0 Å². The Morgan fingerprint density at radius 1 is 1.20 bits per heavy atom. The van der Waals surface area contributed by atoms with Crippen molar-refractivity contribution < 1.29 is 9.72 Å². The normalized spacial score (nSPS) is 14.7. The minimum Gasteiger partial charge on any atom is -0.312 e. The summed E-state index contributed by atoms with van der Waals surface area (Å²) in [6.07, 6.45) is 1.49. The minimum atomic E-state index is -0.449. The molecule has 2 aromatic carbocycles. The third kappa shape index (κ3) is 3.65. The van der Waals surface area contributed by atoms with Crippen molar-refractivity contribution in [1.82, 2.24) is 0 Å². The van der Waals surface area contributed by atoms with Crippen molar-refractivity contribution in [3.63, 3.8) is 0 Å². The number of nitrogens with one attached hydrogen (secondary N) is 1. The molecule has 0 spiro atoms. The van der Waals surface area contributed by atoms with Crippen LogP contribution >= 0.6 is 0 Å². The summed E-state index contributed by atoms with van der Waals surface area (Å²) in [6.45, 7) is 2.57. The average molecular weight is 338 g/mol. The molecule has 0 radical (unpaired) electrons. The molecule has 1 fully saturated rings. The summed E-state index contributed by atoms with van der Waals surface area (Å²) >= 11 is 0. The lowest BCUT2D eigenvalue weighted by Crippen LogP contribution is -2.23. The SMILES string of the molecule is C/C(=N/Nc1ccccc1[N+](=O)[O-])c1ccc(N2CCCC2=O)cc1. The third-order valence-corrected chi connectivity index (χ3v) is 4.11. The van der Waals surface area contributed by atoms with Gasteiger partial charge in [-0.3, -0.25) is 20.3 Å². The number of amides is 1. The fourth-order valence-electron chi connectivity index (χ4n) is 2.74. The predicted molar refractivity (Wildman–Crippen MR) is 97.0 cm³/mol. The number of nitro benzene ring substituents is 1. The predicted octanol–water partition coefficient (Wildman–Crippen LogP) is 3.56. The van der Waals surface area contributed by atoms with Gasteiger partial charge in [0.15, 0.2) is 0 Å². The number of hydrazone groups is 1. The average Bonchev–Trinajstić information content (AvgIpc) is 3.06. The molecule has 25 heavy (non-hydrogen) atoms. The first kappa shape index (κ1) is 16.6. The first-order chi connectivity index (χ1) is 12.1. The molecule has 0 atom stereocenters. The Kier molecular flexibility index (Phi) is 4.74. The van der Waals surface area contributed by atoms with E-state index in [0.29, 0.717) is 17.8 Å². The Balaban J connectivity index is 1.75. The molecule has 0 bridgehead atoms. The molecule has 1 N–H and O–H groups in total. The number of carbonyl (C=O) groups is 1. The number of hydrogen-bond acceptors (Lipinski definition) is 5. The van der Waals surface area contributed by atoms with Crippen molar-refractivity contribution >= 4 is 28.7 Å². The van der Waals surface area contributed by atoms with Gasteiger partial charge in [-0.25, -0.2) is 0 Å². The zero-order valence-corrected chi connectivity index (χ0v) is 13.8. The van der Waals surface area contributed by atoms with E-state index in [4.69, 9.17) is 0 Å². The quantitative estimate of drug-likeness (QED) is 0.513. The topological polar surface area (TPSA) is 87.8 Å². The molecule has 128 valence electrons. The number of rotatable bonds is 5. The molecule has 1 aliphatic heterocycles. The van der Waals surface area contributed by atoms with Crippen LogP contribution in [-0.2, 0) is 4.79 Å². The minimum absolute atomic E-state index is 0.0260. The zero-order valence-electron chi connectivity index (χ0n) is 13.8. The molecule has 1 aliphatic rings. The van der Waals surface area contributed by atoms with E-state index in [9.17, 15) is 14.9 Å². The summed E-state index contributed by atoms with van der Waals surface area (Å²) in [5, 5.41) is 15.2. The highest BCUT2D eigenvalue weighted by atomic mass is 16.6. The Morgan fingerprint density at radius 2 is 1.92 bits per heavy atom. The summed E-state index contributed by atoms with van der Waals surface area (Å²) in [5.74, 6) is 0.149. The second kappa shape index (κ2) is 7.12. The molecule has 2 aromatic rings. The second-order valence-corrected chi connectivity index (χ2v) is 5.78. The van der Waals surface area contributed by atoms with Crippen LogP contribution in [0.3, 0.4) is 0 Å². The Hall–Kier alpha value is -3.22. The Bertz CT molecular complexity index is 830. The van der Waals surface area contributed by atoms with Crippen LogP contribution in [0.4, 0.5) is 17.1 Å². The van der Waals surface area contributed by atoms with Gasteiger partial charge in [0.2, 0.25) is 5.91 Å². The fraction of sp³-hybridized carbons (Fsp3) is 0.222. The molecule has 0 aliphatic carbocycles. The lowest BCUT2D eigenvalue weighted by Gasteiger charge is -2.15. The van der Waals surface area contributed by atoms with Crippen LogP contribution in [-0.4, -0.2) is 23.1 Å². The first-order valence-electron chi connectivity index (χ1n) is 8.01. The summed E-state index contributed by atoms with van der Waals surface area (Å²) in [5.41, 5.74) is 5.51. The van der Waals surface area contributed by atoms with Gasteiger partial charge in [-0.15, -0.1) is 0 Å². The smallest absolute Gasteiger partial charge is 0.294 e. The maximum Gasteiger partial charge on any atom is 0.294 e. The number of nitrogens with zero attached hydrogens (tertiary/aromatic N) is 3. The maximum absolute atomic E-state index is 11.8. The molecule has 1 saturated heterocycles. The van der Waals surface area contributed by atoms with E-state index in [1.165, 1.54) is 6.07 Å². The van der Waals surface area contributed by atoms with Gasteiger partial charge in [0.05, 0.1) is 10.6 Å². The summed E-state index contributed by atoms with van der Waals surface area (Å²) in [4.78, 5) is 24.1. The van der Waals surface area contributed by atoms with Crippen molar-refractivity contribution in [3.05, 3.63) is 64.2 Å². The van der Waals surface area contributed by atoms with Crippen molar-refractivity contribution in [2.75, 3.05) is 16.9 Å². The van der Waals surface area contributed by atoms with Gasteiger partial charge in [0, 0.05) is 24.7 Å². The van der Waals surface area contributed by atoms with Crippen LogP contribution in [0.2, 0.25) is 0 Å². The molecule has 3 rings (SSSR count). The standard InChI is InChI=1S/C18H18N4O3/c1-13(19-20-16-5-2-3-6-17(16)22(24)25)14-8-10-15(11-9-14)21-12-4-7-18(21)23/h2-3,5-6,8-11,20H,4,7,12H2,1H3/b19-13-. The molecule has 1 amide bonds. The van der Waals surface area contributed by atoms with Gasteiger partial charge < -0.3 is 4.90 Å². The Labute approximate surface area is 145 Å². The molecule has 7 nitrogen and oxygen atoms in total. The van der Waals surface area contributed by atoms with Crippen molar-refractivity contribution in [3.8, 4) is 0 Å². The van der Waals surface area contributed by atoms with Gasteiger partial charge in [-0.05, 0) is 37.1 Å². The molecular formula is C18H18N4O3. The van der Waals surface area contributed by atoms with Gasteiger partial charge in [-0.2, -0.15) is 5.10 Å². The van der Waals surface area contributed by atoms with Crippen molar-refractivity contribution in [1.29, 1.82) is 0 Å². The Morgan fingerprint density at radius 3 is 2.56 bits per heavy atom. The number of anilines is 2. The molecule has 1 heterocycles. The zero-order chi connectivity index (χ0) is 17.8.